The first-order valence-corrected chi connectivity index (χ1v) is 10.6. The molecule has 0 amide bonds. The van der Waals surface area contributed by atoms with Crippen LogP contribution in [0.3, 0.4) is 0 Å². The van der Waals surface area contributed by atoms with Gasteiger partial charge in [-0.15, -0.1) is 0 Å². The average Bonchev–Trinajstić information content (AvgIpc) is 3.19. The molecule has 0 spiro atoms. The van der Waals surface area contributed by atoms with Crippen molar-refractivity contribution in [1.29, 1.82) is 0 Å². The van der Waals surface area contributed by atoms with Gasteiger partial charge in [-0.1, -0.05) is 37.3 Å². The molecule has 2 aromatic rings. The van der Waals surface area contributed by atoms with E-state index in [-0.39, 0.29) is 5.75 Å². The molecule has 5 nitrogen and oxygen atoms in total. The van der Waals surface area contributed by atoms with Crippen molar-refractivity contribution < 1.29 is 8.42 Å². The predicted molar refractivity (Wildman–Crippen MR) is 100.0 cm³/mol. The molecule has 0 saturated carbocycles. The van der Waals surface area contributed by atoms with E-state index >= 15 is 0 Å². The van der Waals surface area contributed by atoms with Crippen LogP contribution in [0, 0.1) is 12.8 Å². The molecule has 0 aliphatic carbocycles. The van der Waals surface area contributed by atoms with Gasteiger partial charge in [0.25, 0.3) is 0 Å². The van der Waals surface area contributed by atoms with Crippen LogP contribution in [0.15, 0.2) is 36.5 Å². The van der Waals surface area contributed by atoms with Crippen molar-refractivity contribution in [2.45, 2.75) is 39.7 Å². The molecule has 136 valence electrons. The standard InChI is InChI=1S/C19H27N3O2S/c1-3-11-25(23,24)21-10-9-18(14-21)12-19-20-13-16(2)22(19)15-17-7-5-4-6-8-17/h4-8,13,18H,3,9-12,14-15H2,1-2H3. The van der Waals surface area contributed by atoms with Crippen molar-refractivity contribution in [2.75, 3.05) is 18.8 Å². The number of aryl methyl sites for hydroxylation is 1. The molecule has 25 heavy (non-hydrogen) atoms. The van der Waals surface area contributed by atoms with Crippen molar-refractivity contribution in [3.05, 3.63) is 53.6 Å². The Labute approximate surface area is 150 Å². The van der Waals surface area contributed by atoms with Gasteiger partial charge in [0.15, 0.2) is 0 Å². The molecule has 1 aromatic carbocycles. The Balaban J connectivity index is 1.68. The molecule has 0 N–H and O–H groups in total. The number of aromatic nitrogens is 2. The van der Waals surface area contributed by atoms with E-state index in [1.165, 1.54) is 5.56 Å². The molecule has 1 fully saturated rings. The van der Waals surface area contributed by atoms with Gasteiger partial charge in [-0.05, 0) is 31.2 Å². The van der Waals surface area contributed by atoms with Gasteiger partial charge >= 0.3 is 0 Å². The molecule has 3 rings (SSSR count). The summed E-state index contributed by atoms with van der Waals surface area (Å²) in [6.45, 7) is 6.07. The molecule has 1 aliphatic heterocycles. The lowest BCUT2D eigenvalue weighted by atomic mass is 10.0. The van der Waals surface area contributed by atoms with Gasteiger partial charge in [-0.2, -0.15) is 0 Å². The normalized spacial score (nSPS) is 18.7. The summed E-state index contributed by atoms with van der Waals surface area (Å²) in [7, 11) is -3.08. The van der Waals surface area contributed by atoms with E-state index in [0.717, 1.165) is 30.9 Å². The highest BCUT2D eigenvalue weighted by atomic mass is 32.2. The lowest BCUT2D eigenvalue weighted by molar-refractivity contribution is 0.450. The highest BCUT2D eigenvalue weighted by Gasteiger charge is 2.31. The molecule has 1 aliphatic rings. The largest absolute Gasteiger partial charge is 0.328 e. The first-order chi connectivity index (χ1) is 12.0. The third-order valence-corrected chi connectivity index (χ3v) is 6.94. The average molecular weight is 362 g/mol. The van der Waals surface area contributed by atoms with Crippen LogP contribution in [0.2, 0.25) is 0 Å². The Bertz CT molecular complexity index is 799. The van der Waals surface area contributed by atoms with Crippen molar-refractivity contribution >= 4 is 10.0 Å². The van der Waals surface area contributed by atoms with Gasteiger partial charge in [0.2, 0.25) is 10.0 Å². The molecule has 1 aromatic heterocycles. The van der Waals surface area contributed by atoms with Crippen LogP contribution in [0.1, 0.15) is 36.8 Å². The van der Waals surface area contributed by atoms with E-state index < -0.39 is 10.0 Å². The minimum Gasteiger partial charge on any atom is -0.328 e. The Morgan fingerprint density at radius 2 is 2.00 bits per heavy atom. The lowest BCUT2D eigenvalue weighted by Gasteiger charge is -2.16. The maximum absolute atomic E-state index is 12.2. The third kappa shape index (κ3) is 4.30. The quantitative estimate of drug-likeness (QED) is 0.762. The van der Waals surface area contributed by atoms with E-state index in [1.54, 1.807) is 4.31 Å². The minimum atomic E-state index is -3.08. The fraction of sp³-hybridized carbons (Fsp3) is 0.526. The van der Waals surface area contributed by atoms with Gasteiger partial charge < -0.3 is 4.57 Å². The number of imidazole rings is 1. The number of nitrogens with zero attached hydrogens (tertiary/aromatic N) is 3. The lowest BCUT2D eigenvalue weighted by Crippen LogP contribution is -2.31. The zero-order valence-corrected chi connectivity index (χ0v) is 15.9. The SMILES string of the molecule is CCCS(=O)(=O)N1CCC(Cc2ncc(C)n2Cc2ccccc2)C1. The summed E-state index contributed by atoms with van der Waals surface area (Å²) in [6.07, 6.45) is 4.34. The predicted octanol–water partition coefficient (Wildman–Crippen LogP) is 2.84. The van der Waals surface area contributed by atoms with E-state index in [2.05, 4.69) is 40.7 Å². The Morgan fingerprint density at radius 1 is 1.24 bits per heavy atom. The van der Waals surface area contributed by atoms with Gasteiger partial charge in [0.1, 0.15) is 5.82 Å². The topological polar surface area (TPSA) is 55.2 Å². The maximum atomic E-state index is 12.2. The summed E-state index contributed by atoms with van der Waals surface area (Å²) in [5.41, 5.74) is 2.40. The molecule has 2 heterocycles. The van der Waals surface area contributed by atoms with E-state index in [9.17, 15) is 8.42 Å². The number of benzene rings is 1. The van der Waals surface area contributed by atoms with Crippen molar-refractivity contribution in [1.82, 2.24) is 13.9 Å². The molecule has 0 bridgehead atoms. The zero-order chi connectivity index (χ0) is 17.9. The smallest absolute Gasteiger partial charge is 0.214 e. The summed E-state index contributed by atoms with van der Waals surface area (Å²) < 4.78 is 28.4. The Kier molecular flexibility index (Phi) is 5.59. The van der Waals surface area contributed by atoms with Crippen LogP contribution in [-0.2, 0) is 23.0 Å². The second kappa shape index (κ2) is 7.70. The van der Waals surface area contributed by atoms with Crippen LogP contribution in [0.25, 0.3) is 0 Å². The molecule has 1 unspecified atom stereocenters. The number of sulfonamides is 1. The first kappa shape index (κ1) is 18.1. The first-order valence-electron chi connectivity index (χ1n) is 9.02. The monoisotopic (exact) mass is 361 g/mol. The van der Waals surface area contributed by atoms with Gasteiger partial charge in [0.05, 0.1) is 5.75 Å². The number of hydrogen-bond acceptors (Lipinski definition) is 3. The second-order valence-corrected chi connectivity index (χ2v) is 9.01. The van der Waals surface area contributed by atoms with E-state index in [1.807, 2.05) is 19.2 Å². The molecule has 6 heteroatoms. The van der Waals surface area contributed by atoms with Crippen LogP contribution < -0.4 is 0 Å². The van der Waals surface area contributed by atoms with E-state index in [4.69, 9.17) is 0 Å². The van der Waals surface area contributed by atoms with Crippen LogP contribution in [0.5, 0.6) is 0 Å². The minimum absolute atomic E-state index is 0.251. The second-order valence-electron chi connectivity index (χ2n) is 6.92. The van der Waals surface area contributed by atoms with Gasteiger partial charge in [-0.25, -0.2) is 17.7 Å². The third-order valence-electron chi connectivity index (χ3n) is 4.90. The molecule has 1 atom stereocenters. The summed E-state index contributed by atoms with van der Waals surface area (Å²) in [5, 5.41) is 0. The van der Waals surface area contributed by atoms with Crippen LogP contribution in [0.4, 0.5) is 0 Å². The van der Waals surface area contributed by atoms with Gasteiger partial charge in [0, 0.05) is 37.9 Å². The Hall–Kier alpha value is -1.66. The highest BCUT2D eigenvalue weighted by molar-refractivity contribution is 7.89. The van der Waals surface area contributed by atoms with Crippen LogP contribution >= 0.6 is 0 Å². The fourth-order valence-corrected chi connectivity index (χ4v) is 5.11. The fourth-order valence-electron chi connectivity index (χ4n) is 3.52. The molecular weight excluding hydrogens is 334 g/mol. The maximum Gasteiger partial charge on any atom is 0.214 e. The van der Waals surface area contributed by atoms with Crippen molar-refractivity contribution in [3.63, 3.8) is 0 Å². The zero-order valence-electron chi connectivity index (χ0n) is 15.1. The van der Waals surface area contributed by atoms with E-state index in [0.29, 0.717) is 25.4 Å². The molecule has 1 saturated heterocycles. The number of rotatable bonds is 7. The van der Waals surface area contributed by atoms with Crippen molar-refractivity contribution in [3.8, 4) is 0 Å². The molecule has 0 radical (unpaired) electrons. The summed E-state index contributed by atoms with van der Waals surface area (Å²) in [4.78, 5) is 4.59. The van der Waals surface area contributed by atoms with Crippen LogP contribution in [-0.4, -0.2) is 41.1 Å². The molecular formula is C19H27N3O2S. The van der Waals surface area contributed by atoms with Gasteiger partial charge in [-0.3, -0.25) is 0 Å². The summed E-state index contributed by atoms with van der Waals surface area (Å²) in [5.74, 6) is 1.66. The van der Waals surface area contributed by atoms with Crippen molar-refractivity contribution in [2.24, 2.45) is 5.92 Å². The summed E-state index contributed by atoms with van der Waals surface area (Å²) in [6, 6.07) is 10.4. The summed E-state index contributed by atoms with van der Waals surface area (Å²) >= 11 is 0. The number of hydrogen-bond donors (Lipinski definition) is 0. The Morgan fingerprint density at radius 3 is 2.72 bits per heavy atom. The highest BCUT2D eigenvalue weighted by Crippen LogP contribution is 2.24.